The van der Waals surface area contributed by atoms with E-state index in [0.717, 1.165) is 0 Å². The molecule has 2 N–H and O–H groups in total. The molecular weight excluding hydrogens is 309 g/mol. The third-order valence-electron chi connectivity index (χ3n) is 2.70. The smallest absolute Gasteiger partial charge is 0.229 e. The summed E-state index contributed by atoms with van der Waals surface area (Å²) in [6.07, 6.45) is 0.703. The lowest BCUT2D eigenvalue weighted by atomic mass is 10.1. The minimum absolute atomic E-state index is 0. The quantitative estimate of drug-likeness (QED) is 0.838. The number of aromatic nitrogens is 1. The van der Waals surface area contributed by atoms with E-state index in [9.17, 15) is 9.18 Å². The summed E-state index contributed by atoms with van der Waals surface area (Å²) in [6, 6.07) is 3.33. The summed E-state index contributed by atoms with van der Waals surface area (Å²) in [6.45, 7) is 1.20. The number of anilines is 1. The van der Waals surface area contributed by atoms with Gasteiger partial charge in [0.2, 0.25) is 11.9 Å². The Labute approximate surface area is 114 Å². The lowest BCUT2D eigenvalue weighted by molar-refractivity contribution is -0.121. The van der Waals surface area contributed by atoms with E-state index in [-0.39, 0.29) is 25.3 Å². The van der Waals surface area contributed by atoms with Crippen molar-refractivity contribution in [1.82, 2.24) is 4.98 Å². The molecule has 1 aromatic heterocycles. The molecule has 17 heavy (non-hydrogen) atoms. The van der Waals surface area contributed by atoms with Gasteiger partial charge in [0.1, 0.15) is 5.82 Å². The number of carbonyl (C=O) groups is 1. The van der Waals surface area contributed by atoms with Crippen LogP contribution in [0.15, 0.2) is 16.6 Å². The summed E-state index contributed by atoms with van der Waals surface area (Å²) in [5.41, 5.74) is 5.22. The van der Waals surface area contributed by atoms with Crippen LogP contribution in [0.5, 0.6) is 0 Å². The molecule has 2 rings (SSSR count). The number of hydrogen-bond acceptors (Lipinski definition) is 3. The summed E-state index contributed by atoms with van der Waals surface area (Å²) >= 11 is 3.04. The van der Waals surface area contributed by atoms with Crippen LogP contribution in [0.1, 0.15) is 6.42 Å². The van der Waals surface area contributed by atoms with Crippen molar-refractivity contribution in [3.63, 3.8) is 0 Å². The minimum atomic E-state index is -0.542. The Morgan fingerprint density at radius 1 is 1.59 bits per heavy atom. The van der Waals surface area contributed by atoms with Crippen LogP contribution >= 0.6 is 29.4 Å². The van der Waals surface area contributed by atoms with Gasteiger partial charge in [-0.3, -0.25) is 4.79 Å². The van der Waals surface area contributed by atoms with E-state index in [1.165, 1.54) is 0 Å². The van der Waals surface area contributed by atoms with Crippen LogP contribution in [0.25, 0.3) is 0 Å². The van der Waals surface area contributed by atoms with Crippen molar-refractivity contribution in [2.24, 2.45) is 11.7 Å². The van der Waals surface area contributed by atoms with Crippen LogP contribution in [0.2, 0.25) is 0 Å². The number of carbonyl (C=O) groups excluding carboxylic acids is 1. The van der Waals surface area contributed by atoms with Crippen molar-refractivity contribution in [2.75, 3.05) is 18.0 Å². The highest BCUT2D eigenvalue weighted by atomic mass is 79.9. The molecule has 0 radical (unpaired) electrons. The normalized spacial score (nSPS) is 18.9. The van der Waals surface area contributed by atoms with E-state index < -0.39 is 5.95 Å². The molecule has 1 aliphatic rings. The molecular formula is C10H13BrFN3OS. The van der Waals surface area contributed by atoms with E-state index in [1.807, 2.05) is 4.90 Å². The molecule has 0 aromatic carbocycles. The highest BCUT2D eigenvalue weighted by Crippen LogP contribution is 2.24. The van der Waals surface area contributed by atoms with Gasteiger partial charge in [-0.15, -0.1) is 0 Å². The summed E-state index contributed by atoms with van der Waals surface area (Å²) < 4.78 is 13.5. The average molecular weight is 322 g/mol. The molecule has 0 spiro atoms. The largest absolute Gasteiger partial charge is 0.369 e. The van der Waals surface area contributed by atoms with Gasteiger partial charge in [0.25, 0.3) is 0 Å². The molecule has 0 unspecified atom stereocenters. The molecule has 7 heteroatoms. The number of nitrogens with zero attached hydrogens (tertiary/aromatic N) is 2. The van der Waals surface area contributed by atoms with E-state index in [1.54, 1.807) is 12.1 Å². The maximum atomic E-state index is 13.2. The number of halogens is 2. The number of nitrogens with two attached hydrogens (primary N) is 1. The fraction of sp³-hybridized carbons (Fsp3) is 0.400. The highest BCUT2D eigenvalue weighted by molar-refractivity contribution is 9.10. The Bertz CT molecular complexity index is 432. The lowest BCUT2D eigenvalue weighted by Crippen LogP contribution is -2.27. The zero-order valence-corrected chi connectivity index (χ0v) is 11.6. The van der Waals surface area contributed by atoms with Crippen LogP contribution in [0.4, 0.5) is 10.2 Å². The van der Waals surface area contributed by atoms with E-state index >= 15 is 0 Å². The maximum Gasteiger partial charge on any atom is 0.229 e. The molecule has 0 saturated carbocycles. The van der Waals surface area contributed by atoms with Gasteiger partial charge in [-0.25, -0.2) is 4.98 Å². The standard InChI is InChI=1S/C10H11BrFN3O.H2S/c11-7-1-2-8(14-9(7)12)15-4-3-6(5-15)10(13)16;/h1-2,6H,3-5H2,(H2,13,16);1H2/t6-;/m0./s1. The molecule has 4 nitrogen and oxygen atoms in total. The SMILES string of the molecule is NC(=O)[C@H]1CCN(c2ccc(Br)c(F)n2)C1.S. The van der Waals surface area contributed by atoms with Crippen molar-refractivity contribution >= 4 is 41.2 Å². The molecule has 0 bridgehead atoms. The summed E-state index contributed by atoms with van der Waals surface area (Å²) in [5.74, 6) is -0.460. The number of hydrogen-bond donors (Lipinski definition) is 1. The first-order valence-electron chi connectivity index (χ1n) is 4.94. The van der Waals surface area contributed by atoms with Gasteiger partial charge in [-0.05, 0) is 34.5 Å². The molecule has 1 saturated heterocycles. The van der Waals surface area contributed by atoms with Crippen molar-refractivity contribution in [1.29, 1.82) is 0 Å². The second-order valence-corrected chi connectivity index (χ2v) is 4.63. The van der Waals surface area contributed by atoms with E-state index in [2.05, 4.69) is 20.9 Å². The monoisotopic (exact) mass is 321 g/mol. The zero-order valence-electron chi connectivity index (χ0n) is 8.99. The van der Waals surface area contributed by atoms with Gasteiger partial charge in [0, 0.05) is 13.1 Å². The topological polar surface area (TPSA) is 59.2 Å². The van der Waals surface area contributed by atoms with Gasteiger partial charge in [-0.1, -0.05) is 0 Å². The van der Waals surface area contributed by atoms with Crippen molar-refractivity contribution in [3.8, 4) is 0 Å². The van der Waals surface area contributed by atoms with Gasteiger partial charge < -0.3 is 10.6 Å². The van der Waals surface area contributed by atoms with Gasteiger partial charge in [-0.2, -0.15) is 17.9 Å². The Balaban J connectivity index is 0.00000144. The Kier molecular flexibility index (Phi) is 4.76. The molecule has 1 amide bonds. The second kappa shape index (κ2) is 5.68. The number of amides is 1. The van der Waals surface area contributed by atoms with Crippen molar-refractivity contribution in [2.45, 2.75) is 6.42 Å². The molecule has 1 atom stereocenters. The molecule has 94 valence electrons. The van der Waals surface area contributed by atoms with Crippen LogP contribution < -0.4 is 10.6 Å². The lowest BCUT2D eigenvalue weighted by Gasteiger charge is -2.16. The van der Waals surface area contributed by atoms with Gasteiger partial charge in [0.15, 0.2) is 0 Å². The molecule has 1 aromatic rings. The minimum Gasteiger partial charge on any atom is -0.369 e. The van der Waals surface area contributed by atoms with Crippen molar-refractivity contribution in [3.05, 3.63) is 22.6 Å². The fourth-order valence-corrected chi connectivity index (χ4v) is 2.01. The summed E-state index contributed by atoms with van der Waals surface area (Å²) in [7, 11) is 0. The summed E-state index contributed by atoms with van der Waals surface area (Å²) in [4.78, 5) is 16.7. The average Bonchev–Trinajstić information content (AvgIpc) is 2.71. The van der Waals surface area contributed by atoms with Crippen molar-refractivity contribution < 1.29 is 9.18 Å². The third kappa shape index (κ3) is 3.10. The van der Waals surface area contributed by atoms with Crippen LogP contribution in [0.3, 0.4) is 0 Å². The summed E-state index contributed by atoms with van der Waals surface area (Å²) in [5, 5.41) is 0. The van der Waals surface area contributed by atoms with Crippen LogP contribution in [-0.4, -0.2) is 24.0 Å². The Morgan fingerprint density at radius 3 is 2.82 bits per heavy atom. The van der Waals surface area contributed by atoms with E-state index in [4.69, 9.17) is 5.73 Å². The predicted molar refractivity (Wildman–Crippen MR) is 71.8 cm³/mol. The Morgan fingerprint density at radius 2 is 2.29 bits per heavy atom. The van der Waals surface area contributed by atoms with Crippen LogP contribution in [-0.2, 0) is 4.79 Å². The third-order valence-corrected chi connectivity index (χ3v) is 3.29. The number of rotatable bonds is 2. The first-order valence-corrected chi connectivity index (χ1v) is 5.73. The molecule has 0 aliphatic carbocycles. The molecule has 1 fully saturated rings. The zero-order chi connectivity index (χ0) is 11.7. The van der Waals surface area contributed by atoms with E-state index in [0.29, 0.717) is 29.8 Å². The predicted octanol–water partition coefficient (Wildman–Crippen LogP) is 1.41. The number of pyridine rings is 1. The molecule has 1 aliphatic heterocycles. The van der Waals surface area contributed by atoms with Gasteiger partial charge >= 0.3 is 0 Å². The molecule has 2 heterocycles. The second-order valence-electron chi connectivity index (χ2n) is 3.78. The maximum absolute atomic E-state index is 13.2. The Hall–Kier alpha value is -0.820. The fourth-order valence-electron chi connectivity index (χ4n) is 1.78. The highest BCUT2D eigenvalue weighted by Gasteiger charge is 2.27. The number of primary amides is 1. The van der Waals surface area contributed by atoms with Crippen LogP contribution in [0, 0.1) is 11.9 Å². The first kappa shape index (κ1) is 14.2. The first-order chi connectivity index (χ1) is 7.58. The van der Waals surface area contributed by atoms with Gasteiger partial charge in [0.05, 0.1) is 10.4 Å².